The van der Waals surface area contributed by atoms with Gasteiger partial charge in [-0.15, -0.1) is 16.4 Å². The molecule has 0 saturated carbocycles. The smallest absolute Gasteiger partial charge is 0.387 e. The lowest BCUT2D eigenvalue weighted by atomic mass is 10.1. The van der Waals surface area contributed by atoms with E-state index < -0.39 is 5.76 Å². The van der Waals surface area contributed by atoms with Crippen molar-refractivity contribution in [3.05, 3.63) is 63.5 Å². The summed E-state index contributed by atoms with van der Waals surface area (Å²) in [6.45, 7) is 0.296. The van der Waals surface area contributed by atoms with Gasteiger partial charge in [0.05, 0.1) is 11.4 Å². The van der Waals surface area contributed by atoms with Crippen molar-refractivity contribution in [1.82, 2.24) is 14.7 Å². The number of thiophene rings is 1. The maximum Gasteiger partial charge on any atom is 0.437 e. The highest BCUT2D eigenvalue weighted by atomic mass is 32.1. The lowest BCUT2D eigenvalue weighted by molar-refractivity contribution is 0.0827. The van der Waals surface area contributed by atoms with E-state index in [0.717, 1.165) is 10.4 Å². The van der Waals surface area contributed by atoms with Crippen LogP contribution in [0.25, 0.3) is 10.8 Å². The molecule has 0 radical (unpaired) electrons. The molecule has 23 heavy (non-hydrogen) atoms. The van der Waals surface area contributed by atoms with Gasteiger partial charge in [0.15, 0.2) is 0 Å². The minimum atomic E-state index is -0.498. The van der Waals surface area contributed by atoms with Gasteiger partial charge in [0, 0.05) is 19.7 Å². The molecule has 7 heteroatoms. The molecular weight excluding hydrogens is 314 g/mol. The van der Waals surface area contributed by atoms with Crippen LogP contribution in [0.15, 0.2) is 51.0 Å². The second kappa shape index (κ2) is 6.21. The number of hydrogen-bond donors (Lipinski definition) is 0. The fourth-order valence-corrected chi connectivity index (χ4v) is 2.73. The van der Waals surface area contributed by atoms with Crippen molar-refractivity contribution in [2.24, 2.45) is 0 Å². The third-order valence-corrected chi connectivity index (χ3v) is 4.14. The minimum absolute atomic E-state index is 0.0601. The first-order chi connectivity index (χ1) is 11.0. The Bertz CT molecular complexity index is 861. The second-order valence-electron chi connectivity index (χ2n) is 5.20. The summed E-state index contributed by atoms with van der Waals surface area (Å²) >= 11 is 1.46. The molecule has 0 aliphatic rings. The van der Waals surface area contributed by atoms with E-state index in [0.29, 0.717) is 18.0 Å². The van der Waals surface area contributed by atoms with Gasteiger partial charge in [-0.1, -0.05) is 18.2 Å². The Kier molecular flexibility index (Phi) is 4.12. The average Bonchev–Trinajstić information content (AvgIpc) is 3.18. The minimum Gasteiger partial charge on any atom is -0.387 e. The number of carbonyl (C=O) groups is 1. The van der Waals surface area contributed by atoms with Gasteiger partial charge in [-0.2, -0.15) is 4.68 Å². The van der Waals surface area contributed by atoms with E-state index in [1.807, 2.05) is 29.6 Å². The molecule has 0 spiro atoms. The predicted octanol–water partition coefficient (Wildman–Crippen LogP) is 2.31. The molecule has 0 N–H and O–H groups in total. The maximum absolute atomic E-state index is 11.9. The molecule has 3 aromatic rings. The summed E-state index contributed by atoms with van der Waals surface area (Å²) in [6.07, 6.45) is 0. The molecule has 0 saturated heterocycles. The summed E-state index contributed by atoms with van der Waals surface area (Å²) < 4.78 is 6.45. The molecule has 2 heterocycles. The predicted molar refractivity (Wildman–Crippen MR) is 87.6 cm³/mol. The Morgan fingerprint density at radius 1 is 1.26 bits per heavy atom. The number of nitrogens with zero attached hydrogens (tertiary/aromatic N) is 3. The molecule has 0 aliphatic carbocycles. The zero-order chi connectivity index (χ0) is 16.4. The standard InChI is InChI=1S/C16H15N3O3S/c1-18(2)15(20)12-7-5-11(6-8-12)10-19-16(21)22-14(17-19)13-4-3-9-23-13/h3-9H,10H2,1-2H3. The second-order valence-corrected chi connectivity index (χ2v) is 6.15. The van der Waals surface area contributed by atoms with E-state index in [1.165, 1.54) is 20.9 Å². The summed E-state index contributed by atoms with van der Waals surface area (Å²) in [6, 6.07) is 10.8. The number of amides is 1. The molecule has 0 atom stereocenters. The van der Waals surface area contributed by atoms with Crippen molar-refractivity contribution >= 4 is 17.2 Å². The molecular formula is C16H15N3O3S. The fourth-order valence-electron chi connectivity index (χ4n) is 2.09. The molecule has 0 aliphatic heterocycles. The van der Waals surface area contributed by atoms with E-state index in [9.17, 15) is 9.59 Å². The van der Waals surface area contributed by atoms with Crippen LogP contribution in [0.5, 0.6) is 0 Å². The van der Waals surface area contributed by atoms with Crippen LogP contribution in [0.4, 0.5) is 0 Å². The van der Waals surface area contributed by atoms with Crippen molar-refractivity contribution in [3.63, 3.8) is 0 Å². The summed E-state index contributed by atoms with van der Waals surface area (Å²) in [5, 5.41) is 6.10. The molecule has 1 amide bonds. The Morgan fingerprint density at radius 3 is 2.61 bits per heavy atom. The Balaban J connectivity index is 1.80. The van der Waals surface area contributed by atoms with Crippen LogP contribution >= 0.6 is 11.3 Å². The average molecular weight is 329 g/mol. The quantitative estimate of drug-likeness (QED) is 0.736. The maximum atomic E-state index is 11.9. The Hall–Kier alpha value is -2.67. The molecule has 0 fully saturated rings. The summed E-state index contributed by atoms with van der Waals surface area (Å²) in [7, 11) is 3.41. The van der Waals surface area contributed by atoms with Gasteiger partial charge in [-0.25, -0.2) is 4.79 Å². The number of aromatic nitrogens is 2. The normalized spacial score (nSPS) is 10.7. The zero-order valence-electron chi connectivity index (χ0n) is 12.7. The summed E-state index contributed by atoms with van der Waals surface area (Å²) in [4.78, 5) is 26.1. The monoisotopic (exact) mass is 329 g/mol. The topological polar surface area (TPSA) is 68.3 Å². The molecule has 2 aromatic heterocycles. The highest BCUT2D eigenvalue weighted by Gasteiger charge is 2.12. The molecule has 3 rings (SSSR count). The van der Waals surface area contributed by atoms with Gasteiger partial charge in [0.1, 0.15) is 0 Å². The lowest BCUT2D eigenvalue weighted by Crippen LogP contribution is -2.21. The largest absolute Gasteiger partial charge is 0.437 e. The first-order valence-electron chi connectivity index (χ1n) is 6.97. The van der Waals surface area contributed by atoms with Crippen LogP contribution < -0.4 is 5.76 Å². The number of benzene rings is 1. The fraction of sp³-hybridized carbons (Fsp3) is 0.188. The lowest BCUT2D eigenvalue weighted by Gasteiger charge is -2.10. The van der Waals surface area contributed by atoms with Gasteiger partial charge in [-0.3, -0.25) is 4.79 Å². The van der Waals surface area contributed by atoms with Crippen LogP contribution in [0.1, 0.15) is 15.9 Å². The van der Waals surface area contributed by atoms with E-state index in [1.54, 1.807) is 26.2 Å². The molecule has 1 aromatic carbocycles. The van der Waals surface area contributed by atoms with Gasteiger partial charge in [-0.05, 0) is 29.1 Å². The van der Waals surface area contributed by atoms with Crippen LogP contribution in [-0.2, 0) is 6.54 Å². The third kappa shape index (κ3) is 3.24. The van der Waals surface area contributed by atoms with E-state index in [2.05, 4.69) is 5.10 Å². The SMILES string of the molecule is CN(C)C(=O)c1ccc(Cn2nc(-c3cccs3)oc2=O)cc1. The van der Waals surface area contributed by atoms with Crippen molar-refractivity contribution in [2.75, 3.05) is 14.1 Å². The molecule has 6 nitrogen and oxygen atoms in total. The molecule has 118 valence electrons. The third-order valence-electron chi connectivity index (χ3n) is 3.28. The number of rotatable bonds is 4. The highest BCUT2D eigenvalue weighted by Crippen LogP contribution is 2.21. The Labute approximate surface area is 136 Å². The van der Waals surface area contributed by atoms with E-state index in [4.69, 9.17) is 4.42 Å². The summed E-state index contributed by atoms with van der Waals surface area (Å²) in [5.74, 6) is -0.235. The highest BCUT2D eigenvalue weighted by molar-refractivity contribution is 7.13. The first kappa shape index (κ1) is 15.2. The number of carbonyl (C=O) groups excluding carboxylic acids is 1. The van der Waals surface area contributed by atoms with Crippen LogP contribution in [0.3, 0.4) is 0 Å². The number of hydrogen-bond acceptors (Lipinski definition) is 5. The zero-order valence-corrected chi connectivity index (χ0v) is 13.5. The molecule has 0 bridgehead atoms. The van der Waals surface area contributed by atoms with Gasteiger partial charge in [0.25, 0.3) is 11.8 Å². The van der Waals surface area contributed by atoms with Crippen molar-refractivity contribution in [3.8, 4) is 10.8 Å². The van der Waals surface area contributed by atoms with Crippen molar-refractivity contribution < 1.29 is 9.21 Å². The van der Waals surface area contributed by atoms with Crippen LogP contribution in [0.2, 0.25) is 0 Å². The summed E-state index contributed by atoms with van der Waals surface area (Å²) in [5.41, 5.74) is 1.47. The van der Waals surface area contributed by atoms with Crippen LogP contribution in [-0.4, -0.2) is 34.7 Å². The van der Waals surface area contributed by atoms with Crippen LogP contribution in [0, 0.1) is 0 Å². The van der Waals surface area contributed by atoms with E-state index in [-0.39, 0.29) is 5.91 Å². The van der Waals surface area contributed by atoms with Gasteiger partial charge in [0.2, 0.25) is 0 Å². The Morgan fingerprint density at radius 2 is 2.00 bits per heavy atom. The van der Waals surface area contributed by atoms with Gasteiger partial charge >= 0.3 is 5.76 Å². The molecule has 0 unspecified atom stereocenters. The van der Waals surface area contributed by atoms with Crippen molar-refractivity contribution in [2.45, 2.75) is 6.54 Å². The van der Waals surface area contributed by atoms with Crippen molar-refractivity contribution in [1.29, 1.82) is 0 Å². The van der Waals surface area contributed by atoms with Gasteiger partial charge < -0.3 is 9.32 Å². The first-order valence-corrected chi connectivity index (χ1v) is 7.85. The van der Waals surface area contributed by atoms with E-state index >= 15 is 0 Å².